The molecular weight excluding hydrogens is 184 g/mol. The van der Waals surface area contributed by atoms with Crippen LogP contribution in [0.15, 0.2) is 0 Å². The Morgan fingerprint density at radius 1 is 1.40 bits per heavy atom. The van der Waals surface area contributed by atoms with Gasteiger partial charge in [-0.25, -0.2) is 0 Å². The number of hydrogen-bond acceptors (Lipinski definition) is 2. The maximum atomic E-state index is 3.69. The lowest BCUT2D eigenvalue weighted by atomic mass is 10.0. The summed E-state index contributed by atoms with van der Waals surface area (Å²) in [5, 5.41) is 3.69. The van der Waals surface area contributed by atoms with E-state index in [0.29, 0.717) is 11.5 Å². The molecule has 2 aliphatic rings. The van der Waals surface area contributed by atoms with Crippen molar-refractivity contribution in [3.8, 4) is 0 Å². The first-order valence-electron chi connectivity index (χ1n) is 6.63. The van der Waals surface area contributed by atoms with Gasteiger partial charge in [0.1, 0.15) is 0 Å². The molecule has 0 radical (unpaired) electrons. The van der Waals surface area contributed by atoms with Crippen molar-refractivity contribution in [1.29, 1.82) is 0 Å². The number of nitrogens with one attached hydrogen (secondary N) is 1. The van der Waals surface area contributed by atoms with Crippen LogP contribution in [0.5, 0.6) is 0 Å². The van der Waals surface area contributed by atoms with E-state index in [1.807, 2.05) is 0 Å². The summed E-state index contributed by atoms with van der Waals surface area (Å²) in [6.07, 6.45) is 5.70. The Bertz CT molecular complexity index is 205. The van der Waals surface area contributed by atoms with Gasteiger partial charge in [0.2, 0.25) is 0 Å². The lowest BCUT2D eigenvalue weighted by Gasteiger charge is -2.24. The zero-order valence-electron chi connectivity index (χ0n) is 10.6. The fraction of sp³-hybridized carbons (Fsp3) is 1.00. The Balaban J connectivity index is 1.61. The van der Waals surface area contributed by atoms with E-state index in [9.17, 15) is 0 Å². The third-order valence-electron chi connectivity index (χ3n) is 4.40. The molecular formula is C13H26N2. The third-order valence-corrected chi connectivity index (χ3v) is 4.40. The zero-order valence-corrected chi connectivity index (χ0v) is 10.6. The molecule has 88 valence electrons. The molecule has 2 rings (SSSR count). The van der Waals surface area contributed by atoms with E-state index in [1.54, 1.807) is 0 Å². The molecule has 2 heteroatoms. The van der Waals surface area contributed by atoms with E-state index in [4.69, 9.17) is 0 Å². The van der Waals surface area contributed by atoms with Crippen LogP contribution in [0.2, 0.25) is 0 Å². The van der Waals surface area contributed by atoms with Crippen LogP contribution in [-0.2, 0) is 0 Å². The summed E-state index contributed by atoms with van der Waals surface area (Å²) in [4.78, 5) is 2.62. The summed E-state index contributed by atoms with van der Waals surface area (Å²) in [5.74, 6) is 0. The monoisotopic (exact) mass is 210 g/mol. The molecule has 0 bridgehead atoms. The molecule has 0 aliphatic heterocycles. The third kappa shape index (κ3) is 2.94. The molecule has 0 aromatic carbocycles. The maximum Gasteiger partial charge on any atom is 0.0110 e. The predicted octanol–water partition coefficient (Wildman–Crippen LogP) is 2.25. The summed E-state index contributed by atoms with van der Waals surface area (Å²) in [5.41, 5.74) is 0.622. The number of likely N-dealkylation sites (N-methyl/N-ethyl adjacent to an activating group) is 1. The molecule has 0 heterocycles. The van der Waals surface area contributed by atoms with Gasteiger partial charge in [0.05, 0.1) is 0 Å². The second-order valence-electron chi connectivity index (χ2n) is 5.69. The molecule has 1 N–H and O–H groups in total. The van der Waals surface area contributed by atoms with Crippen LogP contribution in [0, 0.1) is 5.41 Å². The van der Waals surface area contributed by atoms with Gasteiger partial charge in [-0.3, -0.25) is 4.90 Å². The first kappa shape index (κ1) is 11.4. The molecule has 2 saturated carbocycles. The van der Waals surface area contributed by atoms with Crippen LogP contribution in [0.4, 0.5) is 0 Å². The Morgan fingerprint density at radius 2 is 2.07 bits per heavy atom. The molecule has 0 amide bonds. The molecule has 2 aliphatic carbocycles. The smallest absolute Gasteiger partial charge is 0.0110 e. The maximum absolute atomic E-state index is 3.69. The minimum absolute atomic E-state index is 0.622. The van der Waals surface area contributed by atoms with Gasteiger partial charge in [-0.15, -0.1) is 0 Å². The van der Waals surface area contributed by atoms with E-state index >= 15 is 0 Å². The van der Waals surface area contributed by atoms with Gasteiger partial charge in [0.25, 0.3) is 0 Å². The van der Waals surface area contributed by atoms with Crippen LogP contribution >= 0.6 is 0 Å². The fourth-order valence-electron chi connectivity index (χ4n) is 2.34. The second kappa shape index (κ2) is 4.42. The number of rotatable bonds is 7. The average molecular weight is 210 g/mol. The second-order valence-corrected chi connectivity index (χ2v) is 5.69. The molecule has 15 heavy (non-hydrogen) atoms. The van der Waals surface area contributed by atoms with Crippen LogP contribution < -0.4 is 5.32 Å². The van der Waals surface area contributed by atoms with Crippen LogP contribution in [-0.4, -0.2) is 36.6 Å². The minimum Gasteiger partial charge on any atom is -0.312 e. The van der Waals surface area contributed by atoms with Crippen LogP contribution in [0.3, 0.4) is 0 Å². The Labute approximate surface area is 94.4 Å². The molecule has 2 nitrogen and oxygen atoms in total. The Morgan fingerprint density at radius 3 is 2.53 bits per heavy atom. The first-order chi connectivity index (χ1) is 7.15. The normalized spacial score (nSPS) is 25.6. The van der Waals surface area contributed by atoms with Crippen molar-refractivity contribution in [2.24, 2.45) is 5.41 Å². The van der Waals surface area contributed by atoms with Crippen molar-refractivity contribution in [3.05, 3.63) is 0 Å². The lowest BCUT2D eigenvalue weighted by Crippen LogP contribution is -2.40. The molecule has 0 aromatic rings. The van der Waals surface area contributed by atoms with Gasteiger partial charge in [-0.05, 0) is 44.6 Å². The van der Waals surface area contributed by atoms with Crippen LogP contribution in [0.25, 0.3) is 0 Å². The largest absolute Gasteiger partial charge is 0.312 e. The topological polar surface area (TPSA) is 15.3 Å². The van der Waals surface area contributed by atoms with Crippen molar-refractivity contribution in [3.63, 3.8) is 0 Å². The molecule has 1 unspecified atom stereocenters. The van der Waals surface area contributed by atoms with Crippen molar-refractivity contribution in [1.82, 2.24) is 10.2 Å². The fourth-order valence-corrected chi connectivity index (χ4v) is 2.34. The molecule has 0 aromatic heterocycles. The summed E-state index contributed by atoms with van der Waals surface area (Å²) in [6, 6.07) is 1.62. The molecule has 0 saturated heterocycles. The van der Waals surface area contributed by atoms with Gasteiger partial charge in [0.15, 0.2) is 0 Å². The highest BCUT2D eigenvalue weighted by atomic mass is 15.2. The van der Waals surface area contributed by atoms with Gasteiger partial charge in [-0.2, -0.15) is 0 Å². The zero-order chi connectivity index (χ0) is 10.9. The number of hydrogen-bond donors (Lipinski definition) is 1. The highest BCUT2D eigenvalue weighted by Crippen LogP contribution is 2.47. The summed E-state index contributed by atoms with van der Waals surface area (Å²) in [6.45, 7) is 10.7. The van der Waals surface area contributed by atoms with E-state index in [-0.39, 0.29) is 0 Å². The van der Waals surface area contributed by atoms with E-state index in [1.165, 1.54) is 45.3 Å². The van der Waals surface area contributed by atoms with Crippen molar-refractivity contribution in [2.75, 3.05) is 19.6 Å². The summed E-state index contributed by atoms with van der Waals surface area (Å²) < 4.78 is 0. The first-order valence-corrected chi connectivity index (χ1v) is 6.63. The Kier molecular flexibility index (Phi) is 3.36. The lowest BCUT2D eigenvalue weighted by molar-refractivity contribution is 0.263. The summed E-state index contributed by atoms with van der Waals surface area (Å²) in [7, 11) is 0. The van der Waals surface area contributed by atoms with Gasteiger partial charge < -0.3 is 5.32 Å². The van der Waals surface area contributed by atoms with Crippen molar-refractivity contribution < 1.29 is 0 Å². The van der Waals surface area contributed by atoms with E-state index in [2.05, 4.69) is 31.0 Å². The quantitative estimate of drug-likeness (QED) is 0.693. The van der Waals surface area contributed by atoms with Crippen molar-refractivity contribution in [2.45, 2.75) is 58.5 Å². The minimum atomic E-state index is 0.622. The Hall–Kier alpha value is -0.0800. The highest BCUT2D eigenvalue weighted by Gasteiger charge is 2.42. The van der Waals surface area contributed by atoms with E-state index in [0.717, 1.165) is 6.04 Å². The van der Waals surface area contributed by atoms with E-state index < -0.39 is 0 Å². The molecule has 2 fully saturated rings. The van der Waals surface area contributed by atoms with Gasteiger partial charge in [-0.1, -0.05) is 13.8 Å². The van der Waals surface area contributed by atoms with Gasteiger partial charge >= 0.3 is 0 Å². The van der Waals surface area contributed by atoms with Crippen LogP contribution in [0.1, 0.15) is 46.5 Å². The molecule has 0 spiro atoms. The SMILES string of the molecule is CCN(CCNC(C)C1(C)CC1)C1CC1. The highest BCUT2D eigenvalue weighted by molar-refractivity contribution is 4.96. The standard InChI is InChI=1S/C13H26N2/c1-4-15(12-5-6-12)10-9-14-11(2)13(3)7-8-13/h11-12,14H,4-10H2,1-3H3. The van der Waals surface area contributed by atoms with Gasteiger partial charge in [0, 0.05) is 25.2 Å². The number of nitrogens with zero attached hydrogens (tertiary/aromatic N) is 1. The molecule has 1 atom stereocenters. The average Bonchev–Trinajstić information content (AvgIpc) is 3.07. The summed E-state index contributed by atoms with van der Waals surface area (Å²) >= 11 is 0. The van der Waals surface area contributed by atoms with Crippen molar-refractivity contribution >= 4 is 0 Å². The predicted molar refractivity (Wildman–Crippen MR) is 65.1 cm³/mol.